The maximum atomic E-state index is 12.9. The van der Waals surface area contributed by atoms with E-state index in [-0.39, 0.29) is 17.4 Å². The lowest BCUT2D eigenvalue weighted by Gasteiger charge is -2.17. The summed E-state index contributed by atoms with van der Waals surface area (Å²) in [5, 5.41) is 5.84. The normalized spacial score (nSPS) is 13.1. The van der Waals surface area contributed by atoms with Crippen LogP contribution in [0.4, 0.5) is 5.69 Å². The van der Waals surface area contributed by atoms with Gasteiger partial charge in [-0.05, 0) is 69.3 Å². The van der Waals surface area contributed by atoms with Crippen LogP contribution in [0, 0.1) is 13.8 Å². The van der Waals surface area contributed by atoms with Gasteiger partial charge in [0.2, 0.25) is 0 Å². The van der Waals surface area contributed by atoms with Crippen LogP contribution in [0.25, 0.3) is 0 Å². The Morgan fingerprint density at radius 2 is 1.70 bits per heavy atom. The van der Waals surface area contributed by atoms with Crippen LogP contribution in [-0.4, -0.2) is 37.9 Å². The summed E-state index contributed by atoms with van der Waals surface area (Å²) in [7, 11) is 1.85. The van der Waals surface area contributed by atoms with Crippen LogP contribution >= 0.6 is 0 Å². The van der Waals surface area contributed by atoms with Crippen molar-refractivity contribution >= 4 is 23.4 Å². The summed E-state index contributed by atoms with van der Waals surface area (Å²) in [5.74, 6) is -1.00. The van der Waals surface area contributed by atoms with Crippen molar-refractivity contribution in [1.82, 2.24) is 10.6 Å². The van der Waals surface area contributed by atoms with E-state index in [1.165, 1.54) is 11.0 Å². The molecule has 0 aromatic heterocycles. The number of carbonyl (C=O) groups excluding carboxylic acids is 3. The van der Waals surface area contributed by atoms with Crippen molar-refractivity contribution in [3.05, 3.63) is 64.2 Å². The van der Waals surface area contributed by atoms with E-state index in [0.717, 1.165) is 24.1 Å². The maximum absolute atomic E-state index is 12.9. The minimum absolute atomic E-state index is 0.251. The van der Waals surface area contributed by atoms with Crippen LogP contribution in [0.2, 0.25) is 0 Å². The summed E-state index contributed by atoms with van der Waals surface area (Å²) in [5.41, 5.74) is 3.37. The molecule has 0 saturated heterocycles. The lowest BCUT2D eigenvalue weighted by Crippen LogP contribution is -2.30. The van der Waals surface area contributed by atoms with E-state index >= 15 is 0 Å². The number of anilines is 1. The van der Waals surface area contributed by atoms with E-state index in [1.54, 1.807) is 12.1 Å². The van der Waals surface area contributed by atoms with E-state index < -0.39 is 5.91 Å². The van der Waals surface area contributed by atoms with Gasteiger partial charge < -0.3 is 10.6 Å². The third kappa shape index (κ3) is 3.61. The number of hydrogen-bond acceptors (Lipinski definition) is 4. The fraction of sp³-hybridized carbons (Fsp3) is 0.286. The van der Waals surface area contributed by atoms with Gasteiger partial charge in [0.05, 0.1) is 16.8 Å². The average Bonchev–Trinajstić information content (AvgIpc) is 2.91. The first-order chi connectivity index (χ1) is 12.9. The molecule has 0 bridgehead atoms. The Kier molecular flexibility index (Phi) is 5.37. The second-order valence-corrected chi connectivity index (χ2v) is 6.71. The standard InChI is InChI=1S/C21H23N3O3/c1-13-5-6-14(2)18(11-13)24-20(26)16-8-7-15(12-17(16)21(24)27)19(25)23-10-4-9-22-3/h5-8,11-12,22H,4,9-10H2,1-3H3,(H,23,25). The van der Waals surface area contributed by atoms with Crippen LogP contribution in [0.3, 0.4) is 0 Å². The summed E-state index contributed by atoms with van der Waals surface area (Å²) in [6.07, 6.45) is 0.811. The van der Waals surface area contributed by atoms with Gasteiger partial charge in [-0.3, -0.25) is 14.4 Å². The summed E-state index contributed by atoms with van der Waals surface area (Å²) in [6, 6.07) is 10.3. The molecule has 2 N–H and O–H groups in total. The smallest absolute Gasteiger partial charge is 0.266 e. The third-order valence-electron chi connectivity index (χ3n) is 4.64. The number of imide groups is 1. The quantitative estimate of drug-likeness (QED) is 0.609. The van der Waals surface area contributed by atoms with Crippen molar-refractivity contribution in [3.8, 4) is 0 Å². The first-order valence-corrected chi connectivity index (χ1v) is 8.97. The number of hydrogen-bond donors (Lipinski definition) is 2. The molecule has 3 rings (SSSR count). The van der Waals surface area contributed by atoms with Gasteiger partial charge in [0.15, 0.2) is 0 Å². The number of nitrogens with zero attached hydrogens (tertiary/aromatic N) is 1. The van der Waals surface area contributed by atoms with Crippen LogP contribution in [-0.2, 0) is 0 Å². The van der Waals surface area contributed by atoms with Gasteiger partial charge in [-0.15, -0.1) is 0 Å². The van der Waals surface area contributed by atoms with Gasteiger partial charge in [0.25, 0.3) is 17.7 Å². The molecule has 2 aromatic rings. The van der Waals surface area contributed by atoms with Gasteiger partial charge in [-0.25, -0.2) is 4.90 Å². The number of benzene rings is 2. The molecule has 0 atom stereocenters. The minimum atomic E-state index is -0.395. The van der Waals surface area contributed by atoms with Crippen molar-refractivity contribution in [2.45, 2.75) is 20.3 Å². The maximum Gasteiger partial charge on any atom is 0.266 e. The number of fused-ring (bicyclic) bond motifs is 1. The average molecular weight is 365 g/mol. The van der Waals surface area contributed by atoms with E-state index in [2.05, 4.69) is 10.6 Å². The Hall–Kier alpha value is -2.99. The molecule has 1 aliphatic heterocycles. The van der Waals surface area contributed by atoms with Crippen LogP contribution in [0.1, 0.15) is 48.6 Å². The van der Waals surface area contributed by atoms with Gasteiger partial charge in [0.1, 0.15) is 0 Å². The van der Waals surface area contributed by atoms with Crippen molar-refractivity contribution in [3.63, 3.8) is 0 Å². The summed E-state index contributed by atoms with van der Waals surface area (Å²) in [6.45, 7) is 5.13. The van der Waals surface area contributed by atoms with E-state index in [4.69, 9.17) is 0 Å². The highest BCUT2D eigenvalue weighted by Crippen LogP contribution is 2.31. The highest BCUT2D eigenvalue weighted by atomic mass is 16.2. The zero-order valence-corrected chi connectivity index (χ0v) is 15.8. The molecular formula is C21H23N3O3. The molecule has 3 amide bonds. The second kappa shape index (κ2) is 7.72. The third-order valence-corrected chi connectivity index (χ3v) is 4.64. The predicted octanol–water partition coefficient (Wildman–Crippen LogP) is 2.44. The number of aryl methyl sites for hydroxylation is 2. The molecule has 0 fully saturated rings. The zero-order chi connectivity index (χ0) is 19.6. The molecule has 1 aliphatic rings. The highest BCUT2D eigenvalue weighted by Gasteiger charge is 2.37. The van der Waals surface area contributed by atoms with Crippen molar-refractivity contribution in [1.29, 1.82) is 0 Å². The second-order valence-electron chi connectivity index (χ2n) is 6.71. The number of nitrogens with one attached hydrogen (secondary N) is 2. The fourth-order valence-electron chi connectivity index (χ4n) is 3.13. The molecule has 0 spiro atoms. The van der Waals surface area contributed by atoms with Crippen molar-refractivity contribution < 1.29 is 14.4 Å². The summed E-state index contributed by atoms with van der Waals surface area (Å²) in [4.78, 5) is 39.2. The van der Waals surface area contributed by atoms with Crippen molar-refractivity contribution in [2.75, 3.05) is 25.0 Å². The monoisotopic (exact) mass is 365 g/mol. The van der Waals surface area contributed by atoms with Gasteiger partial charge in [0, 0.05) is 12.1 Å². The first kappa shape index (κ1) is 18.8. The highest BCUT2D eigenvalue weighted by molar-refractivity contribution is 6.35. The van der Waals surface area contributed by atoms with Crippen LogP contribution in [0.5, 0.6) is 0 Å². The van der Waals surface area contributed by atoms with E-state index in [1.807, 2.05) is 39.1 Å². The largest absolute Gasteiger partial charge is 0.352 e. The molecule has 0 unspecified atom stereocenters. The Bertz CT molecular complexity index is 921. The molecule has 0 saturated carbocycles. The molecule has 1 heterocycles. The molecule has 6 nitrogen and oxygen atoms in total. The minimum Gasteiger partial charge on any atom is -0.352 e. The molecule has 0 radical (unpaired) electrons. The molecule has 2 aromatic carbocycles. The fourth-order valence-corrected chi connectivity index (χ4v) is 3.13. The van der Waals surface area contributed by atoms with E-state index in [9.17, 15) is 14.4 Å². The predicted molar refractivity (Wildman–Crippen MR) is 104 cm³/mol. The Morgan fingerprint density at radius 3 is 2.44 bits per heavy atom. The molecule has 27 heavy (non-hydrogen) atoms. The zero-order valence-electron chi connectivity index (χ0n) is 15.8. The molecule has 6 heteroatoms. The van der Waals surface area contributed by atoms with Gasteiger partial charge >= 0.3 is 0 Å². The number of rotatable bonds is 6. The number of carbonyl (C=O) groups is 3. The first-order valence-electron chi connectivity index (χ1n) is 8.97. The van der Waals surface area contributed by atoms with E-state index in [0.29, 0.717) is 23.4 Å². The summed E-state index contributed by atoms with van der Waals surface area (Å²) < 4.78 is 0. The lowest BCUT2D eigenvalue weighted by molar-refractivity contribution is 0.0923. The van der Waals surface area contributed by atoms with Crippen LogP contribution < -0.4 is 15.5 Å². The number of amides is 3. The lowest BCUT2D eigenvalue weighted by atomic mass is 10.1. The molecular weight excluding hydrogens is 342 g/mol. The SMILES string of the molecule is CNCCCNC(=O)c1ccc2c(c1)C(=O)N(c1cc(C)ccc1C)C2=O. The molecule has 0 aliphatic carbocycles. The Balaban J connectivity index is 1.86. The summed E-state index contributed by atoms with van der Waals surface area (Å²) >= 11 is 0. The van der Waals surface area contributed by atoms with Crippen molar-refractivity contribution in [2.24, 2.45) is 0 Å². The van der Waals surface area contributed by atoms with Gasteiger partial charge in [-0.1, -0.05) is 12.1 Å². The topological polar surface area (TPSA) is 78.5 Å². The Labute approximate surface area is 158 Å². The van der Waals surface area contributed by atoms with Crippen LogP contribution in [0.15, 0.2) is 36.4 Å². The molecule has 140 valence electrons. The van der Waals surface area contributed by atoms with Gasteiger partial charge in [-0.2, -0.15) is 0 Å². The Morgan fingerprint density at radius 1 is 0.963 bits per heavy atom.